The number of ketones is 1. The fourth-order valence-electron chi connectivity index (χ4n) is 2.90. The Hall–Kier alpha value is -3.43. The summed E-state index contributed by atoms with van der Waals surface area (Å²) in [6, 6.07) is 10.6. The van der Waals surface area contributed by atoms with Crippen LogP contribution in [0.2, 0.25) is 5.02 Å². The van der Waals surface area contributed by atoms with E-state index < -0.39 is 5.78 Å². The van der Waals surface area contributed by atoms with Gasteiger partial charge >= 0.3 is 0 Å². The number of nitriles is 1. The van der Waals surface area contributed by atoms with Crippen molar-refractivity contribution in [3.63, 3.8) is 0 Å². The Morgan fingerprint density at radius 3 is 2.57 bits per heavy atom. The third-order valence-corrected chi connectivity index (χ3v) is 4.55. The molecule has 0 aliphatic carbocycles. The number of carbonyl (C=O) groups excluding carboxylic acids is 1. The Morgan fingerprint density at radius 1 is 1.14 bits per heavy atom. The summed E-state index contributed by atoms with van der Waals surface area (Å²) in [6.45, 7) is 0. The largest absolute Gasteiger partial charge is 0.497 e. The number of fused-ring (bicyclic) bond motifs is 1. The van der Waals surface area contributed by atoms with Gasteiger partial charge in [0.15, 0.2) is 11.5 Å². The lowest BCUT2D eigenvalue weighted by Gasteiger charge is -2.10. The maximum Gasteiger partial charge on any atom is 0.205 e. The van der Waals surface area contributed by atoms with Crippen molar-refractivity contribution in [2.75, 3.05) is 21.3 Å². The molecule has 0 fully saturated rings. The highest BCUT2D eigenvalue weighted by molar-refractivity contribution is 6.32. The summed E-state index contributed by atoms with van der Waals surface area (Å²) in [6.07, 6.45) is 3.05. The summed E-state index contributed by atoms with van der Waals surface area (Å²) < 4.78 is 15.7. The first-order valence-electron chi connectivity index (χ1n) is 8.25. The number of hydrogen-bond acceptors (Lipinski definition) is 5. The standard InChI is InChI=1S/C21H17ClN2O4/c1-26-14-4-5-18-15(9-14)16(11-24-18)20(25)13(10-23)6-12-7-17(22)21(28-3)19(8-12)27-2/h4-9,11,24H,1-3H3/b13-6+. The van der Waals surface area contributed by atoms with E-state index in [9.17, 15) is 10.1 Å². The molecule has 0 aliphatic rings. The van der Waals surface area contributed by atoms with Gasteiger partial charge in [-0.05, 0) is 42.0 Å². The Morgan fingerprint density at radius 2 is 1.93 bits per heavy atom. The minimum atomic E-state index is -0.409. The van der Waals surface area contributed by atoms with Gasteiger partial charge in [0.05, 0.1) is 26.4 Å². The number of ether oxygens (including phenoxy) is 3. The topological polar surface area (TPSA) is 84.3 Å². The lowest BCUT2D eigenvalue weighted by atomic mass is 10.0. The zero-order valence-electron chi connectivity index (χ0n) is 15.5. The zero-order valence-corrected chi connectivity index (χ0v) is 16.3. The number of aromatic nitrogens is 1. The van der Waals surface area contributed by atoms with Crippen LogP contribution in [0.1, 0.15) is 15.9 Å². The van der Waals surface area contributed by atoms with Crippen LogP contribution in [0.4, 0.5) is 0 Å². The average Bonchev–Trinajstić information content (AvgIpc) is 3.13. The lowest BCUT2D eigenvalue weighted by molar-refractivity contribution is 0.104. The van der Waals surface area contributed by atoms with Crippen molar-refractivity contribution in [2.24, 2.45) is 0 Å². The van der Waals surface area contributed by atoms with Crippen molar-refractivity contribution < 1.29 is 19.0 Å². The van der Waals surface area contributed by atoms with Crippen molar-refractivity contribution in [3.8, 4) is 23.3 Å². The van der Waals surface area contributed by atoms with Crippen molar-refractivity contribution >= 4 is 34.4 Å². The summed E-state index contributed by atoms with van der Waals surface area (Å²) in [4.78, 5) is 16.0. The number of rotatable bonds is 6. The predicted molar refractivity (Wildman–Crippen MR) is 107 cm³/mol. The van der Waals surface area contributed by atoms with Crippen LogP contribution in [0.25, 0.3) is 17.0 Å². The van der Waals surface area contributed by atoms with Crippen molar-refractivity contribution in [1.29, 1.82) is 5.26 Å². The second-order valence-electron chi connectivity index (χ2n) is 5.85. The molecule has 0 amide bonds. The number of nitrogens with zero attached hydrogens (tertiary/aromatic N) is 1. The highest BCUT2D eigenvalue weighted by Gasteiger charge is 2.18. The predicted octanol–water partition coefficient (Wildman–Crippen LogP) is 4.64. The van der Waals surface area contributed by atoms with E-state index in [1.807, 2.05) is 12.1 Å². The number of halogens is 1. The molecule has 0 spiro atoms. The van der Waals surface area contributed by atoms with Crippen LogP contribution < -0.4 is 14.2 Å². The number of H-pyrrole nitrogens is 1. The van der Waals surface area contributed by atoms with Crippen molar-refractivity contribution in [2.45, 2.75) is 0 Å². The van der Waals surface area contributed by atoms with E-state index in [1.165, 1.54) is 20.3 Å². The number of methoxy groups -OCH3 is 3. The van der Waals surface area contributed by atoms with E-state index in [-0.39, 0.29) is 5.57 Å². The van der Waals surface area contributed by atoms with Gasteiger partial charge in [0, 0.05) is 22.7 Å². The Kier molecular flexibility index (Phi) is 5.57. The minimum Gasteiger partial charge on any atom is -0.497 e. The number of carbonyl (C=O) groups is 1. The lowest BCUT2D eigenvalue weighted by Crippen LogP contribution is -2.01. The van der Waals surface area contributed by atoms with E-state index >= 15 is 0 Å². The normalized spacial score (nSPS) is 11.2. The molecule has 28 heavy (non-hydrogen) atoms. The van der Waals surface area contributed by atoms with E-state index in [0.717, 1.165) is 5.52 Å². The molecule has 0 atom stereocenters. The van der Waals surface area contributed by atoms with Gasteiger partial charge in [0.25, 0.3) is 0 Å². The molecule has 0 saturated heterocycles. The molecule has 2 aromatic carbocycles. The average molecular weight is 397 g/mol. The molecule has 1 aromatic heterocycles. The molecule has 0 saturated carbocycles. The number of Topliss-reactive ketones (excluding diaryl/α,β-unsaturated/α-hetero) is 1. The molecule has 3 rings (SSSR count). The van der Waals surface area contributed by atoms with Gasteiger partial charge in [-0.3, -0.25) is 4.79 Å². The summed E-state index contributed by atoms with van der Waals surface area (Å²) in [5, 5.41) is 10.6. The maximum atomic E-state index is 13.0. The monoisotopic (exact) mass is 396 g/mol. The Bertz CT molecular complexity index is 1130. The SMILES string of the molecule is COc1ccc2[nH]cc(C(=O)/C(C#N)=C/c3cc(Cl)c(OC)c(OC)c3)c2c1. The number of benzene rings is 2. The molecule has 6 nitrogen and oxygen atoms in total. The van der Waals surface area contributed by atoms with Crippen LogP contribution in [-0.4, -0.2) is 32.1 Å². The molecule has 0 aliphatic heterocycles. The quantitative estimate of drug-likeness (QED) is 0.373. The molecule has 7 heteroatoms. The van der Waals surface area contributed by atoms with Gasteiger partial charge in [-0.25, -0.2) is 0 Å². The Labute approximate surface area is 166 Å². The van der Waals surface area contributed by atoms with Crippen LogP contribution in [0.15, 0.2) is 42.1 Å². The molecular weight excluding hydrogens is 380 g/mol. The van der Waals surface area contributed by atoms with Crippen LogP contribution in [0.3, 0.4) is 0 Å². The summed E-state index contributed by atoms with van der Waals surface area (Å²) in [7, 11) is 4.52. The van der Waals surface area contributed by atoms with E-state index in [0.29, 0.717) is 38.8 Å². The highest BCUT2D eigenvalue weighted by Crippen LogP contribution is 2.36. The third-order valence-electron chi connectivity index (χ3n) is 4.27. The third kappa shape index (κ3) is 3.53. The van der Waals surface area contributed by atoms with Gasteiger partial charge in [-0.2, -0.15) is 5.26 Å². The van der Waals surface area contributed by atoms with Gasteiger partial charge < -0.3 is 19.2 Å². The van der Waals surface area contributed by atoms with Gasteiger partial charge in [0.1, 0.15) is 17.4 Å². The number of aromatic amines is 1. The molecule has 0 bridgehead atoms. The summed E-state index contributed by atoms with van der Waals surface area (Å²) in [5.74, 6) is 1.00. The van der Waals surface area contributed by atoms with Gasteiger partial charge in [-0.1, -0.05) is 11.6 Å². The molecule has 142 valence electrons. The van der Waals surface area contributed by atoms with E-state index in [1.54, 1.807) is 37.6 Å². The fourth-order valence-corrected chi connectivity index (χ4v) is 3.19. The van der Waals surface area contributed by atoms with Crippen LogP contribution >= 0.6 is 11.6 Å². The van der Waals surface area contributed by atoms with Crippen molar-refractivity contribution in [1.82, 2.24) is 4.98 Å². The first kappa shape index (κ1) is 19.3. The van der Waals surface area contributed by atoms with E-state index in [4.69, 9.17) is 25.8 Å². The Balaban J connectivity index is 2.06. The first-order valence-corrected chi connectivity index (χ1v) is 8.63. The molecule has 0 unspecified atom stereocenters. The van der Waals surface area contributed by atoms with Crippen molar-refractivity contribution in [3.05, 3.63) is 58.3 Å². The highest BCUT2D eigenvalue weighted by atomic mass is 35.5. The first-order chi connectivity index (χ1) is 13.5. The van der Waals surface area contributed by atoms with Gasteiger partial charge in [-0.15, -0.1) is 0 Å². The summed E-state index contributed by atoms with van der Waals surface area (Å²) in [5.41, 5.74) is 1.67. The fraction of sp³-hybridized carbons (Fsp3) is 0.143. The van der Waals surface area contributed by atoms with Crippen LogP contribution in [-0.2, 0) is 0 Å². The molecule has 1 heterocycles. The van der Waals surface area contributed by atoms with Gasteiger partial charge in [0.2, 0.25) is 5.78 Å². The molecule has 1 N–H and O–H groups in total. The maximum absolute atomic E-state index is 13.0. The van der Waals surface area contributed by atoms with E-state index in [2.05, 4.69) is 4.98 Å². The zero-order chi connectivity index (χ0) is 20.3. The number of nitrogens with one attached hydrogen (secondary N) is 1. The smallest absolute Gasteiger partial charge is 0.205 e. The van der Waals surface area contributed by atoms with Crippen LogP contribution in [0.5, 0.6) is 17.2 Å². The molecule has 0 radical (unpaired) electrons. The molecule has 3 aromatic rings. The second-order valence-corrected chi connectivity index (χ2v) is 6.26. The number of allylic oxidation sites excluding steroid dienone is 1. The minimum absolute atomic E-state index is 0.0352. The summed E-state index contributed by atoms with van der Waals surface area (Å²) >= 11 is 6.21. The number of hydrogen-bond donors (Lipinski definition) is 1. The van der Waals surface area contributed by atoms with Crippen LogP contribution in [0, 0.1) is 11.3 Å². The molecular formula is C21H17ClN2O4. The second kappa shape index (κ2) is 8.07.